The van der Waals surface area contributed by atoms with Crippen molar-refractivity contribution in [2.45, 2.75) is 37.7 Å². The Morgan fingerprint density at radius 1 is 1.39 bits per heavy atom. The summed E-state index contributed by atoms with van der Waals surface area (Å²) in [6.45, 7) is 6.85. The van der Waals surface area contributed by atoms with Crippen LogP contribution in [0.5, 0.6) is 5.88 Å². The van der Waals surface area contributed by atoms with Crippen LogP contribution in [0.1, 0.15) is 32.8 Å². The largest absolute Gasteiger partial charge is 0.480 e. The molecule has 0 saturated carbocycles. The first-order chi connectivity index (χ1) is 10.8. The normalized spacial score (nSPS) is 15.2. The van der Waals surface area contributed by atoms with E-state index in [2.05, 4.69) is 17.1 Å². The summed E-state index contributed by atoms with van der Waals surface area (Å²) in [4.78, 5) is 19.3. The zero-order valence-electron chi connectivity index (χ0n) is 14.4. The molecule has 23 heavy (non-hydrogen) atoms. The molecule has 126 valence electrons. The second-order valence-electron chi connectivity index (χ2n) is 6.36. The van der Waals surface area contributed by atoms with E-state index in [9.17, 15) is 4.79 Å². The number of nitrogens with zero attached hydrogens (tertiary/aromatic N) is 2. The van der Waals surface area contributed by atoms with Gasteiger partial charge in [-0.1, -0.05) is 6.08 Å². The van der Waals surface area contributed by atoms with Gasteiger partial charge in [-0.2, -0.15) is 0 Å². The van der Waals surface area contributed by atoms with Gasteiger partial charge in [0.05, 0.1) is 12.0 Å². The summed E-state index contributed by atoms with van der Waals surface area (Å²) in [5.41, 5.74) is 1.63. The minimum Gasteiger partial charge on any atom is -0.480 e. The molecule has 0 atom stereocenters. The molecule has 0 aliphatic carbocycles. The monoisotopic (exact) mass is 336 g/mol. The molecule has 2 rings (SSSR count). The number of rotatable bonds is 3. The Morgan fingerprint density at radius 3 is 2.74 bits per heavy atom. The molecule has 0 unspecified atom stereocenters. The molecule has 5 nitrogen and oxygen atoms in total. The van der Waals surface area contributed by atoms with Gasteiger partial charge in [-0.05, 0) is 50.7 Å². The number of amides is 1. The highest BCUT2D eigenvalue weighted by Crippen LogP contribution is 2.30. The number of methoxy groups -OCH3 is 1. The second kappa shape index (κ2) is 7.25. The van der Waals surface area contributed by atoms with Crippen LogP contribution in [0.3, 0.4) is 0 Å². The Balaban J connectivity index is 2.15. The summed E-state index contributed by atoms with van der Waals surface area (Å²) in [6.07, 6.45) is 6.49. The maximum Gasteiger partial charge on any atom is 0.410 e. The molecule has 0 aromatic carbocycles. The van der Waals surface area contributed by atoms with E-state index in [1.165, 1.54) is 0 Å². The Morgan fingerprint density at radius 2 is 2.13 bits per heavy atom. The van der Waals surface area contributed by atoms with Gasteiger partial charge in [-0.3, -0.25) is 0 Å². The van der Waals surface area contributed by atoms with E-state index < -0.39 is 5.60 Å². The van der Waals surface area contributed by atoms with Crippen LogP contribution in [0, 0.1) is 0 Å². The van der Waals surface area contributed by atoms with E-state index in [1.54, 1.807) is 30.0 Å². The lowest BCUT2D eigenvalue weighted by molar-refractivity contribution is 0.0273. The van der Waals surface area contributed by atoms with Crippen molar-refractivity contribution in [3.8, 4) is 5.88 Å². The average molecular weight is 336 g/mol. The number of aromatic nitrogens is 1. The standard InChI is InChI=1S/C17H24N2O3S/c1-17(2,3)22-16(20)19-8-6-7-12(11-19)13-9-14(23-5)15(21-4)18-10-13/h7,9-10H,6,8,11H2,1-5H3. The first-order valence-corrected chi connectivity index (χ1v) is 8.82. The number of hydrogen-bond donors (Lipinski definition) is 0. The third-order valence-electron chi connectivity index (χ3n) is 3.40. The Kier molecular flexibility index (Phi) is 5.57. The van der Waals surface area contributed by atoms with Crippen molar-refractivity contribution in [1.82, 2.24) is 9.88 Å². The lowest BCUT2D eigenvalue weighted by Gasteiger charge is -2.30. The topological polar surface area (TPSA) is 51.7 Å². The van der Waals surface area contributed by atoms with E-state index in [0.717, 1.165) is 22.5 Å². The van der Waals surface area contributed by atoms with Crippen LogP contribution in [-0.2, 0) is 4.74 Å². The quantitative estimate of drug-likeness (QED) is 0.785. The molecule has 1 amide bonds. The Bertz CT molecular complexity index is 608. The fourth-order valence-corrected chi connectivity index (χ4v) is 2.90. The number of thioether (sulfide) groups is 1. The van der Waals surface area contributed by atoms with Gasteiger partial charge in [0, 0.05) is 19.3 Å². The van der Waals surface area contributed by atoms with Crippen molar-refractivity contribution < 1.29 is 14.3 Å². The van der Waals surface area contributed by atoms with Crippen LogP contribution in [0.4, 0.5) is 4.79 Å². The average Bonchev–Trinajstić information content (AvgIpc) is 2.52. The van der Waals surface area contributed by atoms with Gasteiger partial charge in [0.15, 0.2) is 0 Å². The molecule has 0 N–H and O–H groups in total. The van der Waals surface area contributed by atoms with Crippen molar-refractivity contribution in [3.63, 3.8) is 0 Å². The first-order valence-electron chi connectivity index (χ1n) is 7.59. The van der Waals surface area contributed by atoms with Crippen molar-refractivity contribution >= 4 is 23.4 Å². The highest BCUT2D eigenvalue weighted by atomic mass is 32.2. The summed E-state index contributed by atoms with van der Waals surface area (Å²) in [5, 5.41) is 0. The van der Waals surface area contributed by atoms with E-state index >= 15 is 0 Å². The van der Waals surface area contributed by atoms with E-state index in [1.807, 2.05) is 27.0 Å². The van der Waals surface area contributed by atoms with Crippen molar-refractivity contribution in [1.29, 1.82) is 0 Å². The van der Waals surface area contributed by atoms with Gasteiger partial charge in [0.1, 0.15) is 5.60 Å². The zero-order valence-corrected chi connectivity index (χ0v) is 15.2. The van der Waals surface area contributed by atoms with E-state index in [4.69, 9.17) is 9.47 Å². The summed E-state index contributed by atoms with van der Waals surface area (Å²) in [7, 11) is 1.62. The minimum atomic E-state index is -0.480. The molecule has 1 aromatic heterocycles. The molecule has 1 aromatic rings. The van der Waals surface area contributed by atoms with Gasteiger partial charge >= 0.3 is 6.09 Å². The third-order valence-corrected chi connectivity index (χ3v) is 4.14. The maximum absolute atomic E-state index is 12.3. The SMILES string of the molecule is COc1ncc(C2=CCCN(C(=O)OC(C)(C)C)C2)cc1SC. The Labute approximate surface area is 142 Å². The maximum atomic E-state index is 12.3. The number of ether oxygens (including phenoxy) is 2. The molecular weight excluding hydrogens is 312 g/mol. The van der Waals surface area contributed by atoms with Crippen molar-refractivity contribution in [2.75, 3.05) is 26.5 Å². The van der Waals surface area contributed by atoms with Gasteiger partial charge < -0.3 is 14.4 Å². The smallest absolute Gasteiger partial charge is 0.410 e. The lowest BCUT2D eigenvalue weighted by atomic mass is 10.0. The third kappa shape index (κ3) is 4.64. The van der Waals surface area contributed by atoms with Crippen LogP contribution >= 0.6 is 11.8 Å². The van der Waals surface area contributed by atoms with Crippen molar-refractivity contribution in [3.05, 3.63) is 23.9 Å². The number of carbonyl (C=O) groups excluding carboxylic acids is 1. The highest BCUT2D eigenvalue weighted by Gasteiger charge is 2.25. The predicted molar refractivity (Wildman–Crippen MR) is 93.0 cm³/mol. The van der Waals surface area contributed by atoms with Gasteiger partial charge in [0.25, 0.3) is 0 Å². The number of carbonyl (C=O) groups is 1. The van der Waals surface area contributed by atoms with Crippen molar-refractivity contribution in [2.24, 2.45) is 0 Å². The molecule has 0 radical (unpaired) electrons. The van der Waals surface area contributed by atoms with Gasteiger partial charge in [0.2, 0.25) is 5.88 Å². The zero-order chi connectivity index (χ0) is 17.0. The van der Waals surface area contributed by atoms with Crippen LogP contribution < -0.4 is 4.74 Å². The summed E-state index contributed by atoms with van der Waals surface area (Å²) in [6, 6.07) is 2.06. The lowest BCUT2D eigenvalue weighted by Crippen LogP contribution is -2.39. The Hall–Kier alpha value is -1.69. The molecule has 6 heteroatoms. The molecule has 0 spiro atoms. The van der Waals surface area contributed by atoms with Gasteiger partial charge in [-0.15, -0.1) is 11.8 Å². The molecule has 1 aliphatic rings. The molecule has 1 aliphatic heterocycles. The van der Waals surface area contributed by atoms with E-state index in [0.29, 0.717) is 19.0 Å². The van der Waals surface area contributed by atoms with E-state index in [-0.39, 0.29) is 6.09 Å². The summed E-state index contributed by atoms with van der Waals surface area (Å²) in [5.74, 6) is 0.627. The summed E-state index contributed by atoms with van der Waals surface area (Å²) >= 11 is 1.59. The summed E-state index contributed by atoms with van der Waals surface area (Å²) < 4.78 is 10.7. The molecule has 2 heterocycles. The molecule has 0 saturated heterocycles. The second-order valence-corrected chi connectivity index (χ2v) is 7.20. The minimum absolute atomic E-state index is 0.269. The van der Waals surface area contributed by atoms with Crippen LogP contribution in [0.15, 0.2) is 23.2 Å². The first kappa shape index (κ1) is 17.7. The predicted octanol–water partition coefficient (Wildman–Crippen LogP) is 3.84. The number of hydrogen-bond acceptors (Lipinski definition) is 5. The number of pyridine rings is 1. The molecule has 0 fully saturated rings. The molecular formula is C17H24N2O3S. The fourth-order valence-electron chi connectivity index (χ4n) is 2.34. The van der Waals surface area contributed by atoms with Crippen LogP contribution in [0.25, 0.3) is 5.57 Å². The van der Waals surface area contributed by atoms with Crippen LogP contribution in [-0.4, -0.2) is 48.0 Å². The molecule has 0 bridgehead atoms. The van der Waals surface area contributed by atoms with Crippen LogP contribution in [0.2, 0.25) is 0 Å². The fraction of sp³-hybridized carbons (Fsp3) is 0.529. The van der Waals surface area contributed by atoms with Gasteiger partial charge in [-0.25, -0.2) is 9.78 Å². The highest BCUT2D eigenvalue weighted by molar-refractivity contribution is 7.98.